The Hall–Kier alpha value is -1.29. The number of furan rings is 1. The summed E-state index contributed by atoms with van der Waals surface area (Å²) >= 11 is 0. The molecule has 4 nitrogen and oxygen atoms in total. The van der Waals surface area contributed by atoms with E-state index in [0.717, 1.165) is 5.92 Å². The minimum atomic E-state index is -0.937. The lowest BCUT2D eigenvalue weighted by Crippen LogP contribution is -2.32. The van der Waals surface area contributed by atoms with Crippen LogP contribution in [0.1, 0.15) is 55.1 Å². The first-order valence-corrected chi connectivity index (χ1v) is 6.73. The Morgan fingerprint density at radius 2 is 2.17 bits per heavy atom. The zero-order chi connectivity index (χ0) is 13.0. The van der Waals surface area contributed by atoms with E-state index in [9.17, 15) is 4.79 Å². The van der Waals surface area contributed by atoms with E-state index >= 15 is 0 Å². The van der Waals surface area contributed by atoms with Crippen molar-refractivity contribution in [2.24, 2.45) is 5.92 Å². The molecule has 0 spiro atoms. The summed E-state index contributed by atoms with van der Waals surface area (Å²) in [6.45, 7) is 2.88. The highest BCUT2D eigenvalue weighted by Gasteiger charge is 2.19. The summed E-state index contributed by atoms with van der Waals surface area (Å²) in [4.78, 5) is 10.7. The number of carboxylic acids is 1. The van der Waals surface area contributed by atoms with Crippen molar-refractivity contribution in [1.82, 2.24) is 5.32 Å². The van der Waals surface area contributed by atoms with Gasteiger partial charge in [-0.15, -0.1) is 0 Å². The molecule has 1 heterocycles. The summed E-state index contributed by atoms with van der Waals surface area (Å²) in [5.41, 5.74) is 0.224. The van der Waals surface area contributed by atoms with Gasteiger partial charge in [0, 0.05) is 6.04 Å². The molecule has 0 radical (unpaired) electrons. The van der Waals surface area contributed by atoms with Gasteiger partial charge in [-0.05, 0) is 37.7 Å². The van der Waals surface area contributed by atoms with E-state index in [0.29, 0.717) is 18.3 Å². The lowest BCUT2D eigenvalue weighted by Gasteiger charge is -2.28. The summed E-state index contributed by atoms with van der Waals surface area (Å²) < 4.78 is 5.22. The second-order valence-electron chi connectivity index (χ2n) is 5.11. The molecule has 1 aromatic rings. The highest BCUT2D eigenvalue weighted by molar-refractivity contribution is 5.87. The van der Waals surface area contributed by atoms with Gasteiger partial charge >= 0.3 is 5.97 Å². The van der Waals surface area contributed by atoms with Crippen LogP contribution in [-0.2, 0) is 6.54 Å². The zero-order valence-corrected chi connectivity index (χ0v) is 10.8. The second-order valence-corrected chi connectivity index (χ2v) is 5.11. The Morgan fingerprint density at radius 3 is 2.72 bits per heavy atom. The number of rotatable bonds is 5. The molecule has 0 aromatic carbocycles. The van der Waals surface area contributed by atoms with Crippen molar-refractivity contribution >= 4 is 5.97 Å². The van der Waals surface area contributed by atoms with E-state index in [2.05, 4.69) is 12.2 Å². The van der Waals surface area contributed by atoms with E-state index in [4.69, 9.17) is 9.52 Å². The molecule has 1 fully saturated rings. The minimum Gasteiger partial charge on any atom is -0.478 e. The predicted molar refractivity (Wildman–Crippen MR) is 68.5 cm³/mol. The molecule has 2 rings (SSSR count). The van der Waals surface area contributed by atoms with Crippen LogP contribution in [0.15, 0.2) is 16.7 Å². The fraction of sp³-hybridized carbons (Fsp3) is 0.643. The van der Waals surface area contributed by atoms with Crippen molar-refractivity contribution in [1.29, 1.82) is 0 Å². The molecule has 0 amide bonds. The summed E-state index contributed by atoms with van der Waals surface area (Å²) in [5, 5.41) is 12.2. The average Bonchev–Trinajstić information content (AvgIpc) is 2.86. The van der Waals surface area contributed by atoms with Crippen molar-refractivity contribution in [3.63, 3.8) is 0 Å². The first-order chi connectivity index (χ1) is 8.69. The summed E-state index contributed by atoms with van der Waals surface area (Å²) in [7, 11) is 0. The molecule has 0 bridgehead atoms. The van der Waals surface area contributed by atoms with E-state index in [1.165, 1.54) is 38.4 Å². The van der Waals surface area contributed by atoms with Crippen LogP contribution in [0.3, 0.4) is 0 Å². The molecule has 1 aliphatic rings. The van der Waals surface area contributed by atoms with Gasteiger partial charge in [-0.2, -0.15) is 0 Å². The number of nitrogens with one attached hydrogen (secondary N) is 1. The standard InChI is InChI=1S/C14H21NO3/c1-2-10-3-5-12(6-4-10)15-8-13-7-11(9-18-13)14(16)17/h7,9-10,12,15H,2-6,8H2,1H3,(H,16,17). The van der Waals surface area contributed by atoms with E-state index in [1.807, 2.05) is 0 Å². The van der Waals surface area contributed by atoms with Gasteiger partial charge in [0.2, 0.25) is 0 Å². The maximum atomic E-state index is 10.7. The number of carbonyl (C=O) groups is 1. The SMILES string of the molecule is CCC1CCC(NCc2cc(C(=O)O)co2)CC1. The molecule has 1 aliphatic carbocycles. The van der Waals surface area contributed by atoms with Crippen molar-refractivity contribution in [2.45, 2.75) is 51.6 Å². The molecule has 0 unspecified atom stereocenters. The number of carboxylic acid groups (broad SMARTS) is 1. The smallest absolute Gasteiger partial charge is 0.338 e. The maximum absolute atomic E-state index is 10.7. The van der Waals surface area contributed by atoms with Gasteiger partial charge in [-0.1, -0.05) is 13.3 Å². The van der Waals surface area contributed by atoms with Crippen molar-refractivity contribution < 1.29 is 14.3 Å². The van der Waals surface area contributed by atoms with Gasteiger partial charge in [0.25, 0.3) is 0 Å². The largest absolute Gasteiger partial charge is 0.478 e. The van der Waals surface area contributed by atoms with Gasteiger partial charge in [0.1, 0.15) is 12.0 Å². The topological polar surface area (TPSA) is 62.5 Å². The van der Waals surface area contributed by atoms with Crippen molar-refractivity contribution in [3.8, 4) is 0 Å². The Kier molecular flexibility index (Phi) is 4.42. The highest BCUT2D eigenvalue weighted by atomic mass is 16.4. The van der Waals surface area contributed by atoms with E-state index < -0.39 is 5.97 Å². The second kappa shape index (κ2) is 6.05. The van der Waals surface area contributed by atoms with Gasteiger partial charge in [-0.3, -0.25) is 0 Å². The zero-order valence-electron chi connectivity index (χ0n) is 10.8. The third kappa shape index (κ3) is 3.35. The Balaban J connectivity index is 1.76. The fourth-order valence-electron chi connectivity index (χ4n) is 2.61. The van der Waals surface area contributed by atoms with Crippen LogP contribution in [0.25, 0.3) is 0 Å². The number of hydrogen-bond donors (Lipinski definition) is 2. The lowest BCUT2D eigenvalue weighted by atomic mass is 9.84. The summed E-state index contributed by atoms with van der Waals surface area (Å²) in [6.07, 6.45) is 7.61. The summed E-state index contributed by atoms with van der Waals surface area (Å²) in [6, 6.07) is 2.14. The van der Waals surface area contributed by atoms with Crippen LogP contribution in [0.5, 0.6) is 0 Å². The fourth-order valence-corrected chi connectivity index (χ4v) is 2.61. The monoisotopic (exact) mass is 251 g/mol. The summed E-state index contributed by atoms with van der Waals surface area (Å²) in [5.74, 6) is 0.656. The van der Waals surface area contributed by atoms with Gasteiger partial charge < -0.3 is 14.8 Å². The van der Waals surface area contributed by atoms with Crippen LogP contribution in [0.2, 0.25) is 0 Å². The number of hydrogen-bond acceptors (Lipinski definition) is 3. The molecule has 18 heavy (non-hydrogen) atoms. The Morgan fingerprint density at radius 1 is 1.44 bits per heavy atom. The van der Waals surface area contributed by atoms with Gasteiger partial charge in [0.15, 0.2) is 0 Å². The molecule has 4 heteroatoms. The quantitative estimate of drug-likeness (QED) is 0.844. The highest BCUT2D eigenvalue weighted by Crippen LogP contribution is 2.26. The molecule has 0 saturated heterocycles. The minimum absolute atomic E-state index is 0.224. The molecular weight excluding hydrogens is 230 g/mol. The first kappa shape index (κ1) is 13.1. The molecule has 1 saturated carbocycles. The molecule has 0 atom stereocenters. The van der Waals surface area contributed by atoms with Crippen LogP contribution >= 0.6 is 0 Å². The molecular formula is C14H21NO3. The van der Waals surface area contributed by atoms with Crippen LogP contribution in [-0.4, -0.2) is 17.1 Å². The van der Waals surface area contributed by atoms with Crippen LogP contribution in [0.4, 0.5) is 0 Å². The van der Waals surface area contributed by atoms with Crippen LogP contribution < -0.4 is 5.32 Å². The maximum Gasteiger partial charge on any atom is 0.338 e. The molecule has 1 aromatic heterocycles. The van der Waals surface area contributed by atoms with Gasteiger partial charge in [0.05, 0.1) is 12.1 Å². The molecule has 0 aliphatic heterocycles. The third-order valence-electron chi connectivity index (χ3n) is 3.89. The first-order valence-electron chi connectivity index (χ1n) is 6.73. The number of aromatic carboxylic acids is 1. The molecule has 100 valence electrons. The average molecular weight is 251 g/mol. The lowest BCUT2D eigenvalue weighted by molar-refractivity contribution is 0.0696. The van der Waals surface area contributed by atoms with E-state index in [1.54, 1.807) is 6.07 Å². The predicted octanol–water partition coefficient (Wildman–Crippen LogP) is 3.04. The van der Waals surface area contributed by atoms with Crippen LogP contribution in [0, 0.1) is 5.92 Å². The van der Waals surface area contributed by atoms with Crippen molar-refractivity contribution in [2.75, 3.05) is 0 Å². The van der Waals surface area contributed by atoms with Gasteiger partial charge in [-0.25, -0.2) is 4.79 Å². The van der Waals surface area contributed by atoms with E-state index in [-0.39, 0.29) is 5.56 Å². The Labute approximate surface area is 107 Å². The molecule has 2 N–H and O–H groups in total. The van der Waals surface area contributed by atoms with Crippen molar-refractivity contribution in [3.05, 3.63) is 23.7 Å². The normalized spacial score (nSPS) is 24.1. The third-order valence-corrected chi connectivity index (χ3v) is 3.89. The Bertz CT molecular complexity index is 391.